The van der Waals surface area contributed by atoms with Gasteiger partial charge in [-0.05, 0) is 29.0 Å². The highest BCUT2D eigenvalue weighted by Crippen LogP contribution is 2.26. The fourth-order valence-corrected chi connectivity index (χ4v) is 2.90. The van der Waals surface area contributed by atoms with Crippen molar-refractivity contribution in [2.24, 2.45) is 0 Å². The Morgan fingerprint density at radius 2 is 2.00 bits per heavy atom. The molecule has 1 heterocycles. The van der Waals surface area contributed by atoms with E-state index in [2.05, 4.69) is 26.2 Å². The summed E-state index contributed by atoms with van der Waals surface area (Å²) in [7, 11) is 0. The molecular formula is C17H14BrN3O3. The average molecular weight is 388 g/mol. The predicted octanol–water partition coefficient (Wildman–Crippen LogP) is 2.48. The maximum absolute atomic E-state index is 12.1. The number of nitrogens with zero attached hydrogens (tertiary/aromatic N) is 1. The highest BCUT2D eigenvalue weighted by Gasteiger charge is 2.06. The van der Waals surface area contributed by atoms with Crippen molar-refractivity contribution in [1.82, 2.24) is 9.55 Å². The maximum atomic E-state index is 12.1. The third-order valence-corrected chi connectivity index (χ3v) is 4.28. The largest absolute Gasteiger partial charge is 0.328 e. The summed E-state index contributed by atoms with van der Waals surface area (Å²) in [6.07, 6.45) is 1.50. The molecule has 0 saturated heterocycles. The van der Waals surface area contributed by atoms with Crippen LogP contribution in [0.1, 0.15) is 6.42 Å². The molecule has 0 fully saturated rings. The van der Waals surface area contributed by atoms with Gasteiger partial charge >= 0.3 is 5.69 Å². The zero-order valence-electron chi connectivity index (χ0n) is 12.6. The van der Waals surface area contributed by atoms with E-state index in [4.69, 9.17) is 0 Å². The molecule has 0 aliphatic carbocycles. The quantitative estimate of drug-likeness (QED) is 0.720. The highest BCUT2D eigenvalue weighted by atomic mass is 79.9. The molecule has 0 aliphatic rings. The van der Waals surface area contributed by atoms with E-state index in [1.807, 2.05) is 36.4 Å². The fraction of sp³-hybridized carbons (Fsp3) is 0.118. The van der Waals surface area contributed by atoms with Gasteiger partial charge in [-0.1, -0.05) is 34.1 Å². The van der Waals surface area contributed by atoms with Crippen molar-refractivity contribution >= 4 is 38.3 Å². The Kier molecular flexibility index (Phi) is 4.61. The number of aryl methyl sites for hydroxylation is 1. The second-order valence-corrected chi connectivity index (χ2v) is 6.13. The van der Waals surface area contributed by atoms with Crippen LogP contribution in [0.15, 0.2) is 62.7 Å². The van der Waals surface area contributed by atoms with Crippen LogP contribution >= 0.6 is 15.9 Å². The van der Waals surface area contributed by atoms with Gasteiger partial charge in [-0.3, -0.25) is 14.6 Å². The van der Waals surface area contributed by atoms with Crippen LogP contribution in [0.5, 0.6) is 0 Å². The number of anilines is 1. The molecular weight excluding hydrogens is 374 g/mol. The van der Waals surface area contributed by atoms with E-state index in [-0.39, 0.29) is 18.9 Å². The van der Waals surface area contributed by atoms with Gasteiger partial charge in [0.1, 0.15) is 0 Å². The number of aromatic amines is 1. The number of hydrogen-bond donors (Lipinski definition) is 2. The SMILES string of the molecule is O=C(CCn1ccc(=O)[nH]c1=O)Nc1ccc2c(Br)cccc2c1. The fourth-order valence-electron chi connectivity index (χ4n) is 2.39. The number of fused-ring (bicyclic) bond motifs is 1. The summed E-state index contributed by atoms with van der Waals surface area (Å²) < 4.78 is 2.29. The number of carbonyl (C=O) groups excluding carboxylic acids is 1. The van der Waals surface area contributed by atoms with Crippen molar-refractivity contribution in [3.8, 4) is 0 Å². The van der Waals surface area contributed by atoms with E-state index in [1.54, 1.807) is 0 Å². The van der Waals surface area contributed by atoms with E-state index in [9.17, 15) is 14.4 Å². The average Bonchev–Trinajstić information content (AvgIpc) is 2.54. The molecule has 0 saturated carbocycles. The standard InChI is InChI=1S/C17H14BrN3O3/c18-14-3-1-2-11-10-12(4-5-13(11)14)19-15(22)6-8-21-9-7-16(23)20-17(21)24/h1-5,7,9-10H,6,8H2,(H,19,22)(H,20,23,24). The van der Waals surface area contributed by atoms with Crippen molar-refractivity contribution in [3.05, 3.63) is 74.0 Å². The van der Waals surface area contributed by atoms with Crippen LogP contribution in [0.4, 0.5) is 5.69 Å². The number of hydrogen-bond acceptors (Lipinski definition) is 3. The van der Waals surface area contributed by atoms with Gasteiger partial charge in [0.05, 0.1) is 0 Å². The third-order valence-electron chi connectivity index (χ3n) is 3.59. The normalized spacial score (nSPS) is 10.7. The second-order valence-electron chi connectivity index (χ2n) is 5.28. The summed E-state index contributed by atoms with van der Waals surface area (Å²) in [5.41, 5.74) is -0.284. The Morgan fingerprint density at radius 1 is 1.17 bits per heavy atom. The molecule has 2 N–H and O–H groups in total. The van der Waals surface area contributed by atoms with Crippen LogP contribution in [0.25, 0.3) is 10.8 Å². The topological polar surface area (TPSA) is 84.0 Å². The number of rotatable bonds is 4. The molecule has 3 aromatic rings. The molecule has 3 rings (SSSR count). The molecule has 0 atom stereocenters. The van der Waals surface area contributed by atoms with Crippen LogP contribution in [0.2, 0.25) is 0 Å². The van der Waals surface area contributed by atoms with Crippen LogP contribution < -0.4 is 16.6 Å². The number of aromatic nitrogens is 2. The molecule has 0 unspecified atom stereocenters. The van der Waals surface area contributed by atoms with Crippen molar-refractivity contribution < 1.29 is 4.79 Å². The van der Waals surface area contributed by atoms with E-state index >= 15 is 0 Å². The number of amides is 1. The summed E-state index contributed by atoms with van der Waals surface area (Å²) in [5.74, 6) is -0.206. The van der Waals surface area contributed by atoms with Gasteiger partial charge in [0, 0.05) is 35.4 Å². The molecule has 0 spiro atoms. The van der Waals surface area contributed by atoms with Gasteiger partial charge in [-0.15, -0.1) is 0 Å². The summed E-state index contributed by atoms with van der Waals surface area (Å²) in [4.78, 5) is 36.8. The Labute approximate surface area is 145 Å². The van der Waals surface area contributed by atoms with Crippen LogP contribution in [-0.2, 0) is 11.3 Å². The number of benzene rings is 2. The summed E-state index contributed by atoms with van der Waals surface area (Å²) >= 11 is 3.49. The Bertz CT molecular complexity index is 1020. The lowest BCUT2D eigenvalue weighted by Gasteiger charge is -2.08. The number of H-pyrrole nitrogens is 1. The van der Waals surface area contributed by atoms with Gasteiger partial charge in [-0.2, -0.15) is 0 Å². The van der Waals surface area contributed by atoms with Crippen LogP contribution in [0.3, 0.4) is 0 Å². The number of carbonyl (C=O) groups is 1. The molecule has 122 valence electrons. The second kappa shape index (κ2) is 6.84. The van der Waals surface area contributed by atoms with E-state index in [1.165, 1.54) is 16.8 Å². The minimum Gasteiger partial charge on any atom is -0.326 e. The van der Waals surface area contributed by atoms with Gasteiger partial charge in [0.15, 0.2) is 0 Å². The molecule has 0 radical (unpaired) electrons. The molecule has 24 heavy (non-hydrogen) atoms. The first-order valence-electron chi connectivity index (χ1n) is 7.31. The molecule has 7 heteroatoms. The maximum Gasteiger partial charge on any atom is 0.328 e. The van der Waals surface area contributed by atoms with Crippen LogP contribution in [0, 0.1) is 0 Å². The highest BCUT2D eigenvalue weighted by molar-refractivity contribution is 9.10. The summed E-state index contributed by atoms with van der Waals surface area (Å²) in [5, 5.41) is 4.89. The number of halogens is 1. The van der Waals surface area contributed by atoms with Gasteiger partial charge in [0.25, 0.3) is 5.56 Å². The first-order valence-corrected chi connectivity index (χ1v) is 8.10. The number of nitrogens with one attached hydrogen (secondary N) is 2. The molecule has 1 amide bonds. The Morgan fingerprint density at radius 3 is 2.79 bits per heavy atom. The minimum absolute atomic E-state index is 0.127. The van der Waals surface area contributed by atoms with Crippen LogP contribution in [-0.4, -0.2) is 15.5 Å². The molecule has 1 aromatic heterocycles. The zero-order chi connectivity index (χ0) is 17.1. The monoisotopic (exact) mass is 387 g/mol. The Hall–Kier alpha value is -2.67. The summed E-state index contributed by atoms with van der Waals surface area (Å²) in [6.45, 7) is 0.195. The molecule has 0 bridgehead atoms. The van der Waals surface area contributed by atoms with Crippen molar-refractivity contribution in [3.63, 3.8) is 0 Å². The zero-order valence-corrected chi connectivity index (χ0v) is 14.2. The summed E-state index contributed by atoms with van der Waals surface area (Å²) in [6, 6.07) is 12.8. The smallest absolute Gasteiger partial charge is 0.326 e. The lowest BCUT2D eigenvalue weighted by molar-refractivity contribution is -0.116. The van der Waals surface area contributed by atoms with Gasteiger partial charge in [0.2, 0.25) is 5.91 Å². The van der Waals surface area contributed by atoms with E-state index < -0.39 is 11.2 Å². The van der Waals surface area contributed by atoms with Crippen molar-refractivity contribution in [2.75, 3.05) is 5.32 Å². The first-order chi connectivity index (χ1) is 11.5. The van der Waals surface area contributed by atoms with E-state index in [0.29, 0.717) is 5.69 Å². The molecule has 0 aliphatic heterocycles. The minimum atomic E-state index is -0.522. The predicted molar refractivity (Wildman–Crippen MR) is 96.2 cm³/mol. The Balaban J connectivity index is 1.68. The van der Waals surface area contributed by atoms with Gasteiger partial charge < -0.3 is 9.88 Å². The molecule has 2 aromatic carbocycles. The third kappa shape index (κ3) is 3.62. The lowest BCUT2D eigenvalue weighted by Crippen LogP contribution is -2.29. The van der Waals surface area contributed by atoms with Gasteiger partial charge in [-0.25, -0.2) is 4.79 Å². The first kappa shape index (κ1) is 16.2. The molecule has 6 nitrogen and oxygen atoms in total. The van der Waals surface area contributed by atoms with Crippen molar-refractivity contribution in [1.29, 1.82) is 0 Å². The van der Waals surface area contributed by atoms with Crippen molar-refractivity contribution in [2.45, 2.75) is 13.0 Å². The lowest BCUT2D eigenvalue weighted by atomic mass is 10.1. The van der Waals surface area contributed by atoms with E-state index in [0.717, 1.165) is 15.2 Å².